The van der Waals surface area contributed by atoms with Crippen LogP contribution in [0.15, 0.2) is 48.5 Å². The lowest BCUT2D eigenvalue weighted by Crippen LogP contribution is -2.54. The standard InChI is InChI=1S/C24H27F2N3O4/c1-16(24(32)29(23(31)14-27)20-6-3-2-4-7-20)28(15-21-8-5-9-33-21)22(30)12-17-10-18(25)13-19(26)11-17/h2-4,6-7,10-11,13,16,21H,5,8-9,12,14-15,27H2,1H3/t16-,21?/m0/s1. The molecule has 7 nitrogen and oxygen atoms in total. The lowest BCUT2D eigenvalue weighted by Gasteiger charge is -2.33. The van der Waals surface area contributed by atoms with Gasteiger partial charge in [-0.2, -0.15) is 0 Å². The van der Waals surface area contributed by atoms with E-state index in [2.05, 4.69) is 0 Å². The molecule has 0 aromatic heterocycles. The fourth-order valence-corrected chi connectivity index (χ4v) is 3.86. The number of amides is 3. The van der Waals surface area contributed by atoms with E-state index in [1.165, 1.54) is 11.8 Å². The second-order valence-corrected chi connectivity index (χ2v) is 7.92. The summed E-state index contributed by atoms with van der Waals surface area (Å²) in [5.74, 6) is -3.35. The number of carbonyl (C=O) groups is 3. The molecule has 0 radical (unpaired) electrons. The fraction of sp³-hybridized carbons (Fsp3) is 0.375. The van der Waals surface area contributed by atoms with E-state index in [4.69, 9.17) is 10.5 Å². The van der Waals surface area contributed by atoms with Gasteiger partial charge in [-0.15, -0.1) is 0 Å². The van der Waals surface area contributed by atoms with Crippen LogP contribution < -0.4 is 10.6 Å². The molecule has 1 aliphatic rings. The minimum atomic E-state index is -1.05. The van der Waals surface area contributed by atoms with E-state index >= 15 is 0 Å². The molecular formula is C24H27F2N3O4. The Morgan fingerprint density at radius 1 is 1.09 bits per heavy atom. The summed E-state index contributed by atoms with van der Waals surface area (Å²) in [6.07, 6.45) is 0.952. The van der Waals surface area contributed by atoms with Gasteiger partial charge >= 0.3 is 0 Å². The van der Waals surface area contributed by atoms with Crippen LogP contribution in [-0.2, 0) is 25.5 Å². The number of imide groups is 1. The number of para-hydroxylation sites is 1. The highest BCUT2D eigenvalue weighted by atomic mass is 19.1. The quantitative estimate of drug-likeness (QED) is 0.655. The van der Waals surface area contributed by atoms with Crippen LogP contribution >= 0.6 is 0 Å². The zero-order valence-corrected chi connectivity index (χ0v) is 18.4. The van der Waals surface area contributed by atoms with Gasteiger partial charge in [-0.25, -0.2) is 13.7 Å². The topological polar surface area (TPSA) is 92.9 Å². The summed E-state index contributed by atoms with van der Waals surface area (Å²) in [6, 6.07) is 10.1. The Morgan fingerprint density at radius 3 is 2.33 bits per heavy atom. The van der Waals surface area contributed by atoms with Crippen molar-refractivity contribution >= 4 is 23.4 Å². The molecule has 0 saturated carbocycles. The zero-order chi connectivity index (χ0) is 24.0. The van der Waals surface area contributed by atoms with Crippen LogP contribution in [0.2, 0.25) is 0 Å². The number of hydrogen-bond donors (Lipinski definition) is 1. The summed E-state index contributed by atoms with van der Waals surface area (Å²) >= 11 is 0. The molecule has 0 aliphatic carbocycles. The zero-order valence-electron chi connectivity index (χ0n) is 18.4. The highest BCUT2D eigenvalue weighted by Gasteiger charge is 2.35. The minimum Gasteiger partial charge on any atom is -0.376 e. The molecule has 1 heterocycles. The van der Waals surface area contributed by atoms with Crippen LogP contribution in [0.4, 0.5) is 14.5 Å². The molecule has 2 atom stereocenters. The molecule has 9 heteroatoms. The molecule has 0 bridgehead atoms. The Hall–Kier alpha value is -3.17. The molecule has 1 aliphatic heterocycles. The van der Waals surface area contributed by atoms with Crippen LogP contribution in [0.25, 0.3) is 0 Å². The number of anilines is 1. The van der Waals surface area contributed by atoms with Gasteiger partial charge in [-0.1, -0.05) is 18.2 Å². The van der Waals surface area contributed by atoms with Gasteiger partial charge in [0.15, 0.2) is 0 Å². The van der Waals surface area contributed by atoms with Crippen LogP contribution in [0, 0.1) is 11.6 Å². The Balaban J connectivity index is 1.88. The van der Waals surface area contributed by atoms with Gasteiger partial charge < -0.3 is 15.4 Å². The van der Waals surface area contributed by atoms with Gasteiger partial charge in [0, 0.05) is 19.2 Å². The van der Waals surface area contributed by atoms with Gasteiger partial charge in [0.1, 0.15) is 17.7 Å². The molecule has 33 heavy (non-hydrogen) atoms. The summed E-state index contributed by atoms with van der Waals surface area (Å²) in [5, 5.41) is 0. The van der Waals surface area contributed by atoms with Crippen molar-refractivity contribution in [1.29, 1.82) is 0 Å². The van der Waals surface area contributed by atoms with E-state index in [0.29, 0.717) is 18.7 Å². The number of benzene rings is 2. The smallest absolute Gasteiger partial charge is 0.256 e. The first-order valence-corrected chi connectivity index (χ1v) is 10.8. The summed E-state index contributed by atoms with van der Waals surface area (Å²) in [5.41, 5.74) is 6.01. The first-order chi connectivity index (χ1) is 15.8. The number of nitrogens with zero attached hydrogens (tertiary/aromatic N) is 2. The van der Waals surface area contributed by atoms with Crippen molar-refractivity contribution in [3.05, 3.63) is 65.7 Å². The van der Waals surface area contributed by atoms with E-state index in [1.54, 1.807) is 30.3 Å². The number of hydrogen-bond acceptors (Lipinski definition) is 5. The van der Waals surface area contributed by atoms with Crippen molar-refractivity contribution in [1.82, 2.24) is 4.90 Å². The minimum absolute atomic E-state index is 0.114. The average molecular weight is 459 g/mol. The maximum absolute atomic E-state index is 13.6. The molecule has 176 valence electrons. The number of nitrogens with two attached hydrogens (primary N) is 1. The molecule has 1 unspecified atom stereocenters. The first-order valence-electron chi connectivity index (χ1n) is 10.8. The number of halogens is 2. The number of ether oxygens (including phenoxy) is 1. The van der Waals surface area contributed by atoms with Gasteiger partial charge in [0.2, 0.25) is 11.8 Å². The molecule has 1 fully saturated rings. The lowest BCUT2D eigenvalue weighted by atomic mass is 10.1. The van der Waals surface area contributed by atoms with Crippen LogP contribution in [0.5, 0.6) is 0 Å². The molecule has 3 amide bonds. The highest BCUT2D eigenvalue weighted by Crippen LogP contribution is 2.21. The number of rotatable bonds is 8. The summed E-state index contributed by atoms with van der Waals surface area (Å²) in [4.78, 5) is 41.4. The third kappa shape index (κ3) is 6.21. The van der Waals surface area contributed by atoms with Gasteiger partial charge in [0.25, 0.3) is 5.91 Å². The van der Waals surface area contributed by atoms with Crippen molar-refractivity contribution in [2.24, 2.45) is 5.73 Å². The van der Waals surface area contributed by atoms with Crippen LogP contribution in [0.3, 0.4) is 0 Å². The maximum Gasteiger partial charge on any atom is 0.256 e. The Kier molecular flexibility index (Phi) is 8.24. The fourth-order valence-electron chi connectivity index (χ4n) is 3.86. The van der Waals surface area contributed by atoms with E-state index in [-0.39, 0.29) is 24.6 Å². The predicted octanol–water partition coefficient (Wildman–Crippen LogP) is 2.42. The third-order valence-electron chi connectivity index (χ3n) is 5.51. The predicted molar refractivity (Wildman–Crippen MR) is 118 cm³/mol. The molecule has 1 saturated heterocycles. The molecule has 3 rings (SSSR count). The first kappa shape index (κ1) is 24.5. The van der Waals surface area contributed by atoms with Crippen molar-refractivity contribution in [2.75, 3.05) is 24.6 Å². The van der Waals surface area contributed by atoms with Crippen molar-refractivity contribution in [2.45, 2.75) is 38.3 Å². The molecule has 2 aromatic carbocycles. The van der Waals surface area contributed by atoms with Gasteiger partial charge in [-0.05, 0) is 49.6 Å². The molecule has 2 aromatic rings. The van der Waals surface area contributed by atoms with Crippen molar-refractivity contribution in [3.63, 3.8) is 0 Å². The molecule has 0 spiro atoms. The van der Waals surface area contributed by atoms with Crippen LogP contribution in [-0.4, -0.2) is 54.5 Å². The van der Waals surface area contributed by atoms with Crippen molar-refractivity contribution < 1.29 is 27.9 Å². The average Bonchev–Trinajstić information content (AvgIpc) is 3.30. The van der Waals surface area contributed by atoms with Gasteiger partial charge in [0.05, 0.1) is 24.8 Å². The van der Waals surface area contributed by atoms with E-state index < -0.39 is 41.9 Å². The number of carbonyl (C=O) groups excluding carboxylic acids is 3. The van der Waals surface area contributed by atoms with Crippen molar-refractivity contribution in [3.8, 4) is 0 Å². The molecule has 2 N–H and O–H groups in total. The van der Waals surface area contributed by atoms with E-state index in [9.17, 15) is 23.2 Å². The van der Waals surface area contributed by atoms with E-state index in [0.717, 1.165) is 29.5 Å². The Morgan fingerprint density at radius 2 is 1.76 bits per heavy atom. The second kappa shape index (κ2) is 11.1. The Labute approximate surface area is 191 Å². The third-order valence-corrected chi connectivity index (χ3v) is 5.51. The monoisotopic (exact) mass is 459 g/mol. The Bertz CT molecular complexity index is 976. The SMILES string of the molecule is C[C@@H](C(=O)N(C(=O)CN)c1ccccc1)N(CC1CCCO1)C(=O)Cc1cc(F)cc(F)c1. The normalized spacial score (nSPS) is 16.3. The second-order valence-electron chi connectivity index (χ2n) is 7.92. The van der Waals surface area contributed by atoms with Gasteiger partial charge in [-0.3, -0.25) is 14.4 Å². The summed E-state index contributed by atoms with van der Waals surface area (Å²) in [7, 11) is 0. The largest absolute Gasteiger partial charge is 0.376 e. The summed E-state index contributed by atoms with van der Waals surface area (Å²) in [6.45, 7) is 1.78. The maximum atomic E-state index is 13.6. The molecular weight excluding hydrogens is 432 g/mol. The summed E-state index contributed by atoms with van der Waals surface area (Å²) < 4.78 is 32.9. The van der Waals surface area contributed by atoms with E-state index in [1.807, 2.05) is 0 Å². The van der Waals surface area contributed by atoms with Crippen LogP contribution in [0.1, 0.15) is 25.3 Å². The lowest BCUT2D eigenvalue weighted by molar-refractivity contribution is -0.141. The highest BCUT2D eigenvalue weighted by molar-refractivity contribution is 6.17.